The molecule has 0 unspecified atom stereocenters. The van der Waals surface area contributed by atoms with Gasteiger partial charge in [-0.2, -0.15) is 13.5 Å². The van der Waals surface area contributed by atoms with Gasteiger partial charge < -0.3 is 0 Å². The fourth-order valence-electron chi connectivity index (χ4n) is 0. The second kappa shape index (κ2) is 8.88. The van der Waals surface area contributed by atoms with E-state index < -0.39 is 0 Å². The zero-order valence-corrected chi connectivity index (χ0v) is 5.41. The van der Waals surface area contributed by atoms with Gasteiger partial charge in [0, 0.05) is 6.56 Å². The second-order valence-electron chi connectivity index (χ2n) is 0.0816. The van der Waals surface area contributed by atoms with Crippen LogP contribution in [0.4, 0.5) is 0 Å². The van der Waals surface area contributed by atoms with E-state index in [0.717, 1.165) is 0 Å². The Morgan fingerprint density at radius 2 is 1.75 bits per heavy atom. The highest BCUT2D eigenvalue weighted by atomic mass is 32.9. The van der Waals surface area contributed by atoms with Crippen LogP contribution in [-0.2, 0) is 11.8 Å². The van der Waals surface area contributed by atoms with Crippen LogP contribution in [0.2, 0.25) is 0 Å². The van der Waals surface area contributed by atoms with Gasteiger partial charge in [-0.3, -0.25) is 0 Å². The quantitative estimate of drug-likeness (QED) is 0.381. The lowest BCUT2D eigenvalue weighted by Gasteiger charge is -1.25. The lowest BCUT2D eigenvalue weighted by Crippen LogP contribution is -0.661. The van der Waals surface area contributed by atoms with E-state index in [1.807, 2.05) is 0 Å². The van der Waals surface area contributed by atoms with E-state index in [2.05, 4.69) is 24.1 Å². The molecule has 0 spiro atoms. The van der Waals surface area contributed by atoms with Crippen LogP contribution in [0.5, 0.6) is 0 Å². The van der Waals surface area contributed by atoms with Gasteiger partial charge in [-0.05, 0) is 11.8 Å². The summed E-state index contributed by atoms with van der Waals surface area (Å²) in [6.45, 7) is 0.694. The molecule has 0 fully saturated rings. The number of hydrogen-bond acceptors (Lipinski definition) is 1. The first-order chi connectivity index (χ1) is 1.41. The molecule has 0 bridgehead atoms. The van der Waals surface area contributed by atoms with E-state index in [1.54, 1.807) is 0 Å². The SMILES string of the molecule is S.S=PS. The molecule has 0 radical (unpaired) electrons. The predicted molar refractivity (Wildman–Crippen MR) is 33.7 cm³/mol. The third-order valence-corrected chi connectivity index (χ3v) is 0. The molecule has 4 heteroatoms. The Morgan fingerprint density at radius 3 is 1.75 bits per heavy atom. The minimum Gasteiger partial charge on any atom is -0.197 e. The molecule has 0 aromatic rings. The van der Waals surface area contributed by atoms with E-state index >= 15 is 0 Å². The molecular formula is H3PS3. The molecule has 26 valence electrons. The molecule has 0 aliphatic carbocycles. The first kappa shape index (κ1) is 8.97. The lowest BCUT2D eigenvalue weighted by atomic mass is 30.2. The summed E-state index contributed by atoms with van der Waals surface area (Å²) in [5.41, 5.74) is 0. The summed E-state index contributed by atoms with van der Waals surface area (Å²) in [4.78, 5) is 0. The number of hydrogen-bond donors (Lipinski definition) is 1. The predicted octanol–water partition coefficient (Wildman–Crippen LogP) is 1.35. The largest absolute Gasteiger partial charge is 0.197 e. The average molecular weight is 130 g/mol. The summed E-state index contributed by atoms with van der Waals surface area (Å²) in [6.07, 6.45) is 0. The van der Waals surface area contributed by atoms with E-state index in [9.17, 15) is 0 Å². The Morgan fingerprint density at radius 1 is 1.75 bits per heavy atom. The van der Waals surface area contributed by atoms with E-state index in [4.69, 9.17) is 0 Å². The Kier molecular flexibility index (Phi) is 19.9. The lowest BCUT2D eigenvalue weighted by molar-refractivity contribution is 5.95. The Labute approximate surface area is 44.4 Å². The van der Waals surface area contributed by atoms with Crippen molar-refractivity contribution in [3.05, 3.63) is 0 Å². The Bertz CT molecular complexity index is 10.8. The summed E-state index contributed by atoms with van der Waals surface area (Å²) < 4.78 is 0. The van der Waals surface area contributed by atoms with Gasteiger partial charge in [0.15, 0.2) is 0 Å². The molecule has 0 saturated heterocycles. The first-order valence-corrected chi connectivity index (χ1v) is 3.44. The van der Waals surface area contributed by atoms with Crippen LogP contribution < -0.4 is 0 Å². The van der Waals surface area contributed by atoms with Gasteiger partial charge in [0.1, 0.15) is 0 Å². The monoisotopic (exact) mass is 130 g/mol. The van der Waals surface area contributed by atoms with Crippen LogP contribution >= 0.6 is 32.3 Å². The fourth-order valence-corrected chi connectivity index (χ4v) is 0. The average Bonchev–Trinajstić information content (AvgIpc) is 0.918. The van der Waals surface area contributed by atoms with Crippen molar-refractivity contribution in [2.24, 2.45) is 0 Å². The van der Waals surface area contributed by atoms with Crippen LogP contribution in [0, 0.1) is 0 Å². The molecule has 0 rings (SSSR count). The van der Waals surface area contributed by atoms with Crippen molar-refractivity contribution in [2.75, 3.05) is 0 Å². The zero-order valence-electron chi connectivity index (χ0n) is 1.80. The second-order valence-corrected chi connectivity index (χ2v) is 2.20. The molecule has 0 atom stereocenters. The summed E-state index contributed by atoms with van der Waals surface area (Å²) in [5.74, 6) is 0. The molecule has 0 nitrogen and oxygen atoms in total. The Hall–Kier alpha value is 1.22. The number of rotatable bonds is 0. The smallest absolute Gasteiger partial charge is 0.0397 e. The normalized spacial score (nSPS) is 5.25. The molecule has 0 heterocycles. The molecule has 0 aliphatic rings. The fraction of sp³-hybridized carbons (Fsp3) is 0. The summed E-state index contributed by atoms with van der Waals surface area (Å²) in [7, 11) is 0. The molecule has 4 heavy (non-hydrogen) atoms. The third kappa shape index (κ3) is 10.7. The molecule has 0 aromatic heterocycles. The standard InChI is InChI=1S/HPS2.H2S/c2-1-3;/h(H,2,3);1H2. The summed E-state index contributed by atoms with van der Waals surface area (Å²) in [6, 6.07) is 0. The van der Waals surface area contributed by atoms with E-state index in [0.29, 0.717) is 6.56 Å². The zero-order chi connectivity index (χ0) is 2.71. The minimum absolute atomic E-state index is 0. The summed E-state index contributed by atoms with van der Waals surface area (Å²) in [5, 5.41) is 0. The topological polar surface area (TPSA) is 0 Å². The van der Waals surface area contributed by atoms with Crippen molar-refractivity contribution in [1.29, 1.82) is 0 Å². The number of thiol groups is 1. The molecule has 0 aliphatic heterocycles. The van der Waals surface area contributed by atoms with E-state index in [1.165, 1.54) is 0 Å². The van der Waals surface area contributed by atoms with Crippen molar-refractivity contribution in [3.8, 4) is 0 Å². The van der Waals surface area contributed by atoms with Crippen LogP contribution in [0.3, 0.4) is 0 Å². The van der Waals surface area contributed by atoms with Crippen molar-refractivity contribution in [1.82, 2.24) is 0 Å². The third-order valence-electron chi connectivity index (χ3n) is 0. The maximum atomic E-state index is 4.23. The Balaban J connectivity index is 0. The molecular weight excluding hydrogens is 127 g/mol. The highest BCUT2D eigenvalue weighted by molar-refractivity contribution is 8.49. The van der Waals surface area contributed by atoms with Crippen LogP contribution in [0.25, 0.3) is 0 Å². The van der Waals surface area contributed by atoms with Gasteiger partial charge in [-0.15, -0.1) is 12.2 Å². The van der Waals surface area contributed by atoms with E-state index in [-0.39, 0.29) is 13.5 Å². The van der Waals surface area contributed by atoms with Gasteiger partial charge in [0.05, 0.1) is 0 Å². The highest BCUT2D eigenvalue weighted by Crippen LogP contribution is 1.91. The minimum atomic E-state index is 0. The molecule has 0 N–H and O–H groups in total. The molecule has 0 amide bonds. The maximum Gasteiger partial charge on any atom is 0.0397 e. The van der Waals surface area contributed by atoms with Crippen LogP contribution in [-0.4, -0.2) is 0 Å². The van der Waals surface area contributed by atoms with Crippen molar-refractivity contribution < 1.29 is 0 Å². The van der Waals surface area contributed by atoms with Gasteiger partial charge in [-0.1, -0.05) is 0 Å². The van der Waals surface area contributed by atoms with Gasteiger partial charge in [-0.25, -0.2) is 0 Å². The summed E-state index contributed by atoms with van der Waals surface area (Å²) >= 11 is 7.81. The van der Waals surface area contributed by atoms with Gasteiger partial charge in [0.2, 0.25) is 0 Å². The first-order valence-electron chi connectivity index (χ1n) is 0.383. The molecule has 0 saturated carbocycles. The van der Waals surface area contributed by atoms with Crippen LogP contribution in [0.1, 0.15) is 0 Å². The molecule has 0 aromatic carbocycles. The van der Waals surface area contributed by atoms with Gasteiger partial charge in [0.25, 0.3) is 0 Å². The van der Waals surface area contributed by atoms with Crippen LogP contribution in [0.15, 0.2) is 0 Å². The van der Waals surface area contributed by atoms with Crippen molar-refractivity contribution >= 4 is 44.1 Å². The van der Waals surface area contributed by atoms with Crippen molar-refractivity contribution in [2.45, 2.75) is 0 Å². The van der Waals surface area contributed by atoms with Crippen molar-refractivity contribution in [3.63, 3.8) is 0 Å². The maximum absolute atomic E-state index is 4.23. The highest BCUT2D eigenvalue weighted by Gasteiger charge is 1.20. The van der Waals surface area contributed by atoms with Gasteiger partial charge >= 0.3 is 0 Å².